The summed E-state index contributed by atoms with van der Waals surface area (Å²) < 4.78 is 58.2. The molecule has 16 heteroatoms. The van der Waals surface area contributed by atoms with Crippen molar-refractivity contribution in [3.8, 4) is 66.8 Å². The van der Waals surface area contributed by atoms with Crippen molar-refractivity contribution in [1.82, 2.24) is 29.9 Å². The molecule has 0 unspecified atom stereocenters. The van der Waals surface area contributed by atoms with Crippen LogP contribution in [-0.4, -0.2) is 55.8 Å². The minimum Gasteiger partial charge on any atom is -0.725 e. The quantitative estimate of drug-likeness (QED) is 0.0602. The van der Waals surface area contributed by atoms with Crippen LogP contribution < -0.4 is 0 Å². The maximum absolute atomic E-state index is 9.29. The molecule has 0 saturated heterocycles. The van der Waals surface area contributed by atoms with Gasteiger partial charge in [-0.25, -0.2) is 16.8 Å². The molecule has 0 saturated carbocycles. The van der Waals surface area contributed by atoms with Crippen LogP contribution in [0.2, 0.25) is 0 Å². The minimum absolute atomic E-state index is 0. The first-order chi connectivity index (χ1) is 42.5. The summed E-state index contributed by atoms with van der Waals surface area (Å²) in [5.74, 6) is 0. The number of fused-ring (bicyclic) bond motifs is 9. The molecule has 6 heterocycles. The van der Waals surface area contributed by atoms with Gasteiger partial charge in [0.1, 0.15) is 0 Å². The second-order valence-electron chi connectivity index (χ2n) is 19.8. The fraction of sp³-hybridized carbons (Fsp3) is 0. The molecule has 0 aliphatic heterocycles. The zero-order chi connectivity index (χ0) is 59.7. The van der Waals surface area contributed by atoms with Gasteiger partial charge in [0.05, 0.1) is 33.1 Å². The predicted octanol–water partition coefficient (Wildman–Crippen LogP) is 16.3. The van der Waals surface area contributed by atoms with Gasteiger partial charge in [0.25, 0.3) is 0 Å². The summed E-state index contributed by atoms with van der Waals surface area (Å²) in [6.45, 7) is 0. The largest absolute Gasteiger partial charge is 2.00 e. The van der Waals surface area contributed by atoms with E-state index in [0.29, 0.717) is 0 Å². The number of hydrogen-bond donors (Lipinski definition) is 0. The van der Waals surface area contributed by atoms with E-state index in [-0.39, 0.29) is 17.1 Å². The van der Waals surface area contributed by atoms with Crippen LogP contribution >= 0.6 is 0 Å². The first-order valence-corrected chi connectivity index (χ1v) is 30.1. The molecule has 6 aromatic heterocycles. The molecule has 0 radical (unpaired) electrons. The van der Waals surface area contributed by atoms with Crippen LogP contribution in [-0.2, 0) is 41.5 Å². The Bertz CT molecular complexity index is 4390. The normalized spacial score (nSPS) is 11.2. The van der Waals surface area contributed by atoms with Gasteiger partial charge >= 0.3 is 17.1 Å². The standard InChI is InChI=1S/3C24H16N2.Fe.H2O7S2/c3*1-3-7-17(8-4-1)19-13-15-25-23-21(19)11-12-22-20(14-16-26-24(22)23)18-9-5-2-6-10-18;;1-8(2,3)7-9(4,5)6/h3*1-16H;;(H,1,2,3)(H,4,5,6)/q;;;+2;/p-2. The maximum Gasteiger partial charge on any atom is 2.00 e. The Morgan fingerprint density at radius 2 is 0.375 bits per heavy atom. The third kappa shape index (κ3) is 13.2. The number of nitrogens with zero attached hydrogens (tertiary/aromatic N) is 6. The van der Waals surface area contributed by atoms with Gasteiger partial charge in [-0.2, -0.15) is 3.63 Å². The average molecular weight is 1230 g/mol. The Labute approximate surface area is 518 Å². The Morgan fingerprint density at radius 1 is 0.227 bits per heavy atom. The summed E-state index contributed by atoms with van der Waals surface area (Å²) in [5, 5.41) is 6.77. The van der Waals surface area contributed by atoms with Crippen molar-refractivity contribution in [2.24, 2.45) is 0 Å². The number of aromatic nitrogens is 6. The van der Waals surface area contributed by atoms with Crippen LogP contribution in [0, 0.1) is 0 Å². The molecule has 88 heavy (non-hydrogen) atoms. The van der Waals surface area contributed by atoms with E-state index in [2.05, 4.69) is 252 Å². The van der Waals surface area contributed by atoms with E-state index in [1.807, 2.05) is 73.6 Å². The molecule has 0 spiro atoms. The fourth-order valence-corrected chi connectivity index (χ4v) is 11.6. The molecular formula is C72H48FeN6O7S2. The van der Waals surface area contributed by atoms with Gasteiger partial charge in [-0.1, -0.05) is 218 Å². The van der Waals surface area contributed by atoms with E-state index < -0.39 is 20.8 Å². The van der Waals surface area contributed by atoms with Crippen LogP contribution in [0.3, 0.4) is 0 Å². The van der Waals surface area contributed by atoms with Crippen LogP contribution in [0.1, 0.15) is 0 Å². The molecule has 0 bridgehead atoms. The van der Waals surface area contributed by atoms with E-state index in [9.17, 15) is 25.9 Å². The van der Waals surface area contributed by atoms with Gasteiger partial charge < -0.3 is 9.11 Å². The summed E-state index contributed by atoms with van der Waals surface area (Å²) in [6, 6.07) is 88.0. The Hall–Kier alpha value is -10.3. The van der Waals surface area contributed by atoms with Crippen LogP contribution in [0.5, 0.6) is 0 Å². The fourth-order valence-electron chi connectivity index (χ4n) is 10.8. The van der Waals surface area contributed by atoms with Crippen molar-refractivity contribution in [2.45, 2.75) is 0 Å². The van der Waals surface area contributed by atoms with Gasteiger partial charge in [-0.05, 0) is 103 Å². The van der Waals surface area contributed by atoms with Crippen molar-refractivity contribution in [2.75, 3.05) is 0 Å². The summed E-state index contributed by atoms with van der Waals surface area (Å²) in [4.78, 5) is 28.0. The van der Waals surface area contributed by atoms with Crippen molar-refractivity contribution >= 4 is 86.2 Å². The molecule has 9 aromatic carbocycles. The number of pyridine rings is 6. The second kappa shape index (κ2) is 26.6. The average Bonchev–Trinajstić information content (AvgIpc) is 1.03. The Balaban J connectivity index is 0.000000127. The topological polar surface area (TPSA) is 201 Å². The first-order valence-electron chi connectivity index (χ1n) is 27.4. The van der Waals surface area contributed by atoms with E-state index in [1.165, 1.54) is 66.8 Å². The van der Waals surface area contributed by atoms with E-state index in [1.54, 1.807) is 0 Å². The van der Waals surface area contributed by atoms with Crippen LogP contribution in [0.4, 0.5) is 0 Å². The van der Waals surface area contributed by atoms with E-state index >= 15 is 0 Å². The third-order valence-corrected chi connectivity index (χ3v) is 15.9. The molecule has 428 valence electrons. The zero-order valence-electron chi connectivity index (χ0n) is 46.4. The van der Waals surface area contributed by atoms with Crippen molar-refractivity contribution in [3.05, 3.63) is 292 Å². The zero-order valence-corrected chi connectivity index (χ0v) is 49.2. The van der Waals surface area contributed by atoms with E-state index in [4.69, 9.17) is 0 Å². The minimum atomic E-state index is -5.43. The van der Waals surface area contributed by atoms with Crippen molar-refractivity contribution < 1.29 is 46.6 Å². The SMILES string of the molecule is O=S(=O)([O-])OS(=O)(=O)[O-].[Fe+2].c1ccc(-c2ccnc3c2ccc2c(-c4ccccc4)ccnc23)cc1.c1ccc(-c2ccnc3c2ccc2c(-c4ccccc4)ccnc23)cc1.c1ccc(-c2ccnc3c2ccc2c(-c4ccccc4)ccnc23)cc1. The Kier molecular flexibility index (Phi) is 17.9. The number of hydrogen-bond acceptors (Lipinski definition) is 13. The summed E-state index contributed by atoms with van der Waals surface area (Å²) in [7, 11) is -10.9. The second-order valence-corrected chi connectivity index (χ2v) is 22.0. The summed E-state index contributed by atoms with van der Waals surface area (Å²) >= 11 is 0. The molecule has 15 aromatic rings. The molecule has 0 N–H and O–H groups in total. The number of benzene rings is 9. The van der Waals surface area contributed by atoms with Gasteiger partial charge in [0.15, 0.2) is 0 Å². The van der Waals surface area contributed by atoms with Gasteiger partial charge in [0.2, 0.25) is 20.8 Å². The van der Waals surface area contributed by atoms with Crippen LogP contribution in [0.15, 0.2) is 292 Å². The summed E-state index contributed by atoms with van der Waals surface area (Å²) in [5.41, 5.74) is 19.9. The molecule has 0 amide bonds. The third-order valence-electron chi connectivity index (χ3n) is 14.5. The number of rotatable bonds is 8. The smallest absolute Gasteiger partial charge is 0.725 e. The molecule has 15 rings (SSSR count). The van der Waals surface area contributed by atoms with Gasteiger partial charge in [-0.15, -0.1) is 0 Å². The molecule has 0 atom stereocenters. The molecule has 0 fully saturated rings. The summed E-state index contributed by atoms with van der Waals surface area (Å²) in [6.07, 6.45) is 11.3. The monoisotopic (exact) mass is 1230 g/mol. The first kappa shape index (κ1) is 59.5. The van der Waals surface area contributed by atoms with Crippen LogP contribution in [0.25, 0.3) is 132 Å². The molecule has 0 aliphatic carbocycles. The maximum atomic E-state index is 9.29. The molecular weight excluding hydrogens is 1180 g/mol. The predicted molar refractivity (Wildman–Crippen MR) is 344 cm³/mol. The van der Waals surface area contributed by atoms with Gasteiger partial charge in [0, 0.05) is 69.5 Å². The van der Waals surface area contributed by atoms with Crippen molar-refractivity contribution in [1.29, 1.82) is 0 Å². The van der Waals surface area contributed by atoms with Gasteiger partial charge in [-0.3, -0.25) is 29.9 Å². The molecule has 13 nitrogen and oxygen atoms in total. The molecule has 0 aliphatic rings. The van der Waals surface area contributed by atoms with Crippen molar-refractivity contribution in [3.63, 3.8) is 0 Å². The van der Waals surface area contributed by atoms with E-state index in [0.717, 1.165) is 65.4 Å². The Morgan fingerprint density at radius 3 is 0.500 bits per heavy atom.